The molecule has 428 valence electrons. The Morgan fingerprint density at radius 3 is 1.18 bits per heavy atom. The van der Waals surface area contributed by atoms with Gasteiger partial charge in [0, 0.05) is 6.42 Å². The van der Waals surface area contributed by atoms with Crippen LogP contribution in [-0.2, 0) is 23.7 Å². The number of rotatable bonds is 49. The number of carbonyl (C=O) groups is 1. The van der Waals surface area contributed by atoms with Gasteiger partial charge in [0.05, 0.1) is 32.0 Å². The highest BCUT2D eigenvalue weighted by Crippen LogP contribution is 2.30. The van der Waals surface area contributed by atoms with E-state index in [1.807, 2.05) is 0 Å². The van der Waals surface area contributed by atoms with Crippen molar-refractivity contribution in [3.63, 3.8) is 0 Å². The topological polar surface area (TPSA) is 228 Å². The summed E-state index contributed by atoms with van der Waals surface area (Å²) in [6.45, 7) is 2.88. The minimum Gasteiger partial charge on any atom is -0.394 e. The van der Waals surface area contributed by atoms with Crippen molar-refractivity contribution in [1.29, 1.82) is 0 Å². The Morgan fingerprint density at radius 2 is 0.792 bits per heavy atom. The van der Waals surface area contributed by atoms with Gasteiger partial charge in [-0.1, -0.05) is 251 Å². The van der Waals surface area contributed by atoms with Crippen molar-refractivity contribution in [2.45, 2.75) is 344 Å². The largest absolute Gasteiger partial charge is 0.394 e. The van der Waals surface area contributed by atoms with Crippen LogP contribution in [0.1, 0.15) is 271 Å². The van der Waals surface area contributed by atoms with Gasteiger partial charge in [0.1, 0.15) is 48.8 Å². The van der Waals surface area contributed by atoms with Crippen LogP contribution in [0.15, 0.2) is 0 Å². The van der Waals surface area contributed by atoms with E-state index in [1.54, 1.807) is 0 Å². The summed E-state index contributed by atoms with van der Waals surface area (Å²) in [5.74, 6) is -0.201. The smallest absolute Gasteiger partial charge is 0.220 e. The van der Waals surface area contributed by atoms with Crippen LogP contribution >= 0.6 is 0 Å². The Hall–Kier alpha value is -1.01. The summed E-state index contributed by atoms with van der Waals surface area (Å²) in [5.41, 5.74) is 0. The standard InChI is InChI=1S/C58H113NO13/c1-3-5-7-9-11-13-15-16-17-18-19-20-21-22-23-24-25-26-27-28-29-30-32-34-36-38-40-42-50(63)59-46(47(62)41-39-37-35-33-31-14-12-10-8-6-4-2)45-69-57-55(68)53(66)56(49(44-61)71-57)72-58-54(67)52(65)51(64)48(43-60)70-58/h46-49,51-58,60-62,64-68H,3-45H2,1-2H3,(H,59,63). The van der Waals surface area contributed by atoms with Crippen molar-refractivity contribution >= 4 is 5.91 Å². The molecule has 2 aliphatic heterocycles. The van der Waals surface area contributed by atoms with Crippen LogP contribution in [0.25, 0.3) is 0 Å². The Bertz CT molecular complexity index is 1220. The van der Waals surface area contributed by atoms with E-state index < -0.39 is 86.8 Å². The summed E-state index contributed by atoms with van der Waals surface area (Å²) in [4.78, 5) is 13.2. The lowest BCUT2D eigenvalue weighted by Crippen LogP contribution is -2.65. The summed E-state index contributed by atoms with van der Waals surface area (Å²) in [6.07, 6.45) is 32.7. The number of aliphatic hydroxyl groups excluding tert-OH is 8. The normalized spacial score (nSPS) is 25.5. The maximum absolute atomic E-state index is 13.2. The van der Waals surface area contributed by atoms with Gasteiger partial charge in [0.2, 0.25) is 5.91 Å². The molecule has 0 aromatic carbocycles. The Kier molecular flexibility index (Phi) is 42.0. The molecule has 2 rings (SSSR count). The van der Waals surface area contributed by atoms with E-state index in [4.69, 9.17) is 18.9 Å². The highest BCUT2D eigenvalue weighted by Gasteiger charge is 2.51. The minimum atomic E-state index is -1.78. The summed E-state index contributed by atoms with van der Waals surface area (Å²) in [7, 11) is 0. The Morgan fingerprint density at radius 1 is 0.444 bits per heavy atom. The molecule has 14 heteroatoms. The van der Waals surface area contributed by atoms with Crippen LogP contribution in [0.5, 0.6) is 0 Å². The molecule has 2 aliphatic rings. The first-order chi connectivity index (χ1) is 35.1. The number of hydrogen-bond acceptors (Lipinski definition) is 13. The molecule has 2 heterocycles. The van der Waals surface area contributed by atoms with E-state index in [2.05, 4.69) is 19.2 Å². The zero-order valence-electron chi connectivity index (χ0n) is 46.0. The van der Waals surface area contributed by atoms with Crippen molar-refractivity contribution in [2.75, 3.05) is 19.8 Å². The van der Waals surface area contributed by atoms with Gasteiger partial charge in [-0.05, 0) is 12.8 Å². The molecule has 0 radical (unpaired) electrons. The fraction of sp³-hybridized carbons (Fsp3) is 0.983. The van der Waals surface area contributed by atoms with E-state index in [9.17, 15) is 45.6 Å². The Balaban J connectivity index is 1.65. The summed E-state index contributed by atoms with van der Waals surface area (Å²) in [6, 6.07) is -0.821. The predicted molar refractivity (Wildman–Crippen MR) is 286 cm³/mol. The highest BCUT2D eigenvalue weighted by atomic mass is 16.7. The Labute approximate surface area is 438 Å². The summed E-state index contributed by atoms with van der Waals surface area (Å²) < 4.78 is 22.8. The molecule has 1 amide bonds. The van der Waals surface area contributed by atoms with E-state index >= 15 is 0 Å². The zero-order valence-corrected chi connectivity index (χ0v) is 46.0. The number of hydrogen-bond donors (Lipinski definition) is 9. The van der Waals surface area contributed by atoms with Crippen LogP contribution in [-0.4, -0.2) is 140 Å². The molecule has 12 atom stereocenters. The molecular weight excluding hydrogens is 919 g/mol. The summed E-state index contributed by atoms with van der Waals surface area (Å²) >= 11 is 0. The first-order valence-electron chi connectivity index (χ1n) is 30.3. The fourth-order valence-electron chi connectivity index (χ4n) is 10.4. The van der Waals surface area contributed by atoms with Gasteiger partial charge in [-0.15, -0.1) is 0 Å². The number of nitrogens with one attached hydrogen (secondary N) is 1. The molecule has 0 bridgehead atoms. The highest BCUT2D eigenvalue weighted by molar-refractivity contribution is 5.76. The molecule has 0 aliphatic carbocycles. The third-order valence-corrected chi connectivity index (χ3v) is 15.3. The first-order valence-corrected chi connectivity index (χ1v) is 30.3. The molecule has 2 fully saturated rings. The summed E-state index contributed by atoms with van der Waals surface area (Å²) in [5, 5.41) is 87.1. The fourth-order valence-corrected chi connectivity index (χ4v) is 10.4. The lowest BCUT2D eigenvalue weighted by Gasteiger charge is -2.46. The third kappa shape index (κ3) is 30.7. The van der Waals surface area contributed by atoms with Crippen LogP contribution in [0.2, 0.25) is 0 Å². The molecule has 0 aromatic rings. The van der Waals surface area contributed by atoms with Crippen molar-refractivity contribution in [3.8, 4) is 0 Å². The van der Waals surface area contributed by atoms with Gasteiger partial charge in [-0.25, -0.2) is 0 Å². The maximum Gasteiger partial charge on any atom is 0.220 e. The second-order valence-electron chi connectivity index (χ2n) is 21.8. The van der Waals surface area contributed by atoms with Gasteiger partial charge >= 0.3 is 0 Å². The van der Waals surface area contributed by atoms with Gasteiger partial charge < -0.3 is 65.1 Å². The predicted octanol–water partition coefficient (Wildman–Crippen LogP) is 10.1. The molecule has 12 unspecified atom stereocenters. The number of carbonyl (C=O) groups excluding carboxylic acids is 1. The number of aliphatic hydroxyl groups is 8. The molecule has 14 nitrogen and oxygen atoms in total. The second kappa shape index (κ2) is 45.1. The van der Waals surface area contributed by atoms with Crippen LogP contribution in [0, 0.1) is 0 Å². The molecule has 2 saturated heterocycles. The molecule has 9 N–H and O–H groups in total. The van der Waals surface area contributed by atoms with Gasteiger partial charge in [0.15, 0.2) is 12.6 Å². The van der Waals surface area contributed by atoms with E-state index in [0.717, 1.165) is 51.4 Å². The van der Waals surface area contributed by atoms with E-state index in [0.29, 0.717) is 12.8 Å². The van der Waals surface area contributed by atoms with Crippen molar-refractivity contribution < 1.29 is 64.6 Å². The van der Waals surface area contributed by atoms with Crippen molar-refractivity contribution in [1.82, 2.24) is 5.32 Å². The SMILES string of the molecule is CCCCCCCCCCCCCCCCCCCCCCCCCCCCCC(=O)NC(COC1OC(CO)C(OC2OC(CO)C(O)C(O)C2O)C(O)C1O)C(O)CCCCCCCCCCCCC. The van der Waals surface area contributed by atoms with Crippen LogP contribution in [0.4, 0.5) is 0 Å². The number of amides is 1. The van der Waals surface area contributed by atoms with Crippen molar-refractivity contribution in [2.24, 2.45) is 0 Å². The molecular formula is C58H113NO13. The van der Waals surface area contributed by atoms with Crippen molar-refractivity contribution in [3.05, 3.63) is 0 Å². The number of ether oxygens (including phenoxy) is 4. The average molecular weight is 1030 g/mol. The monoisotopic (exact) mass is 1030 g/mol. The van der Waals surface area contributed by atoms with E-state index in [-0.39, 0.29) is 12.5 Å². The van der Waals surface area contributed by atoms with Gasteiger partial charge in [-0.3, -0.25) is 4.79 Å². The van der Waals surface area contributed by atoms with Crippen LogP contribution in [0.3, 0.4) is 0 Å². The lowest BCUT2D eigenvalue weighted by atomic mass is 9.97. The minimum absolute atomic E-state index is 0.201. The van der Waals surface area contributed by atoms with Gasteiger partial charge in [0.25, 0.3) is 0 Å². The number of unbranched alkanes of at least 4 members (excludes halogenated alkanes) is 36. The average Bonchev–Trinajstić information content (AvgIpc) is 3.38. The third-order valence-electron chi connectivity index (χ3n) is 15.3. The first kappa shape index (κ1) is 67.1. The van der Waals surface area contributed by atoms with Crippen LogP contribution < -0.4 is 5.32 Å². The second-order valence-corrected chi connectivity index (χ2v) is 21.8. The molecule has 0 spiro atoms. The zero-order chi connectivity index (χ0) is 52.4. The maximum atomic E-state index is 13.2. The van der Waals surface area contributed by atoms with E-state index in [1.165, 1.54) is 193 Å². The lowest BCUT2D eigenvalue weighted by molar-refractivity contribution is -0.359. The molecule has 72 heavy (non-hydrogen) atoms. The quantitative estimate of drug-likeness (QED) is 0.0259. The van der Waals surface area contributed by atoms with Gasteiger partial charge in [-0.2, -0.15) is 0 Å². The molecule has 0 aromatic heterocycles. The molecule has 0 saturated carbocycles.